The van der Waals surface area contributed by atoms with Crippen LogP contribution >= 0.6 is 0 Å². The van der Waals surface area contributed by atoms with Crippen molar-refractivity contribution in [3.63, 3.8) is 0 Å². The maximum absolute atomic E-state index is 8.56. The van der Waals surface area contributed by atoms with Gasteiger partial charge in [-0.1, -0.05) is 81.6 Å². The fourth-order valence-corrected chi connectivity index (χ4v) is 10.1. The smallest absolute Gasteiger partial charge is 0 e. The second-order valence-electron chi connectivity index (χ2n) is 16.0. The minimum absolute atomic E-state index is 0. The maximum atomic E-state index is 8.56. The van der Waals surface area contributed by atoms with Crippen LogP contribution in [0.1, 0.15) is 72.8 Å². The topological polar surface area (TPSA) is 43.9 Å². The van der Waals surface area contributed by atoms with E-state index in [2.05, 4.69) is 127 Å². The monoisotopic (exact) mass is 966 g/mol. The second kappa shape index (κ2) is 16.8. The zero-order valence-electron chi connectivity index (χ0n) is 35.3. The first-order chi connectivity index (χ1) is 26.7. The summed E-state index contributed by atoms with van der Waals surface area (Å²) in [4.78, 5) is 9.73. The molecule has 0 N–H and O–H groups in total. The van der Waals surface area contributed by atoms with Gasteiger partial charge in [-0.3, -0.25) is 4.98 Å². The van der Waals surface area contributed by atoms with Crippen LogP contribution in [0.5, 0.6) is 0 Å². The molecule has 0 unspecified atom stereocenters. The normalized spacial score (nSPS) is 12.6. The molecule has 0 bridgehead atoms. The molecule has 0 aliphatic carbocycles. The third-order valence-corrected chi connectivity index (χ3v) is 14.0. The Bertz CT molecular complexity index is 2630. The van der Waals surface area contributed by atoms with Crippen LogP contribution in [0.2, 0.25) is 17.3 Å². The Hall–Kier alpha value is -4.29. The number of benzene rings is 5. The van der Waals surface area contributed by atoms with Crippen molar-refractivity contribution in [2.75, 3.05) is 0 Å². The Morgan fingerprint density at radius 2 is 1.44 bits per heavy atom. The van der Waals surface area contributed by atoms with Crippen molar-refractivity contribution in [1.29, 1.82) is 0 Å². The van der Waals surface area contributed by atoms with E-state index in [-0.39, 0.29) is 26.0 Å². The van der Waals surface area contributed by atoms with Gasteiger partial charge >= 0.3 is 128 Å². The van der Waals surface area contributed by atoms with Gasteiger partial charge in [-0.05, 0) is 41.2 Å². The molecular formula is C49H51GeIrN3O-2. The molecule has 1 radical (unpaired) electrons. The molecule has 0 spiro atoms. The number of hydrogen-bond donors (Lipinski definition) is 0. The van der Waals surface area contributed by atoms with Crippen LogP contribution in [-0.2, 0) is 26.5 Å². The van der Waals surface area contributed by atoms with Gasteiger partial charge in [0.25, 0.3) is 0 Å². The van der Waals surface area contributed by atoms with Gasteiger partial charge in [-0.25, -0.2) is 0 Å². The van der Waals surface area contributed by atoms with E-state index in [1.165, 1.54) is 16.8 Å². The molecule has 0 fully saturated rings. The molecule has 0 aliphatic rings. The summed E-state index contributed by atoms with van der Waals surface area (Å²) in [6.45, 7) is 12.9. The largest absolute Gasteiger partial charge is 0 e. The number of para-hydroxylation sites is 4. The van der Waals surface area contributed by atoms with E-state index in [0.717, 1.165) is 65.6 Å². The van der Waals surface area contributed by atoms with Crippen LogP contribution in [0, 0.1) is 18.1 Å². The minimum Gasteiger partial charge on any atom is 0 e. The first-order valence-corrected chi connectivity index (χ1v) is 26.4. The molecule has 5 aromatic carbocycles. The van der Waals surface area contributed by atoms with Crippen molar-refractivity contribution in [1.82, 2.24) is 14.5 Å². The van der Waals surface area contributed by atoms with Crippen molar-refractivity contribution in [2.45, 2.75) is 77.0 Å². The van der Waals surface area contributed by atoms with E-state index < -0.39 is 19.6 Å². The number of nitrogens with zero attached hydrogens (tertiary/aromatic N) is 3. The molecular weight excluding hydrogens is 911 g/mol. The molecule has 8 aromatic rings. The van der Waals surface area contributed by atoms with Crippen LogP contribution in [0.15, 0.2) is 120 Å². The Kier molecular flexibility index (Phi) is 11.5. The summed E-state index contributed by atoms with van der Waals surface area (Å²) in [6.07, 6.45) is 0.562. The molecule has 55 heavy (non-hydrogen) atoms. The average Bonchev–Trinajstić information content (AvgIpc) is 3.76. The molecule has 0 atom stereocenters. The summed E-state index contributed by atoms with van der Waals surface area (Å²) in [5.74, 6) is 8.44. The van der Waals surface area contributed by atoms with Gasteiger partial charge in [-0.15, -0.1) is 23.8 Å². The predicted molar refractivity (Wildman–Crippen MR) is 231 cm³/mol. The first-order valence-electron chi connectivity index (χ1n) is 20.1. The van der Waals surface area contributed by atoms with Crippen molar-refractivity contribution < 1.29 is 27.3 Å². The third-order valence-electron chi connectivity index (χ3n) is 9.82. The van der Waals surface area contributed by atoms with Gasteiger partial charge < -0.3 is 8.98 Å². The standard InChI is InChI=1S/C31H27N2O.C18H24GeN.Ir/c1-19(2)22-11-9-12-23(20(3)4)30(22)33-27-14-7-6-13-26(27)32-31(33)21-16-17-29-25(18-21)24-10-5-8-15-28(24)34-29;1-14(2)11-16-12-18(15-9-7-6-8-10-15)20-13-17(16)19(3,4)5;/h5-15,17-20H,1-4H3;6-9,12-14H,11H2,1-5H3;/q2*-1;/i;11D2;. The van der Waals surface area contributed by atoms with Gasteiger partial charge in [0.15, 0.2) is 0 Å². The van der Waals surface area contributed by atoms with Crippen molar-refractivity contribution in [2.24, 2.45) is 5.92 Å². The number of pyridine rings is 1. The number of imidazole rings is 1. The van der Waals surface area contributed by atoms with E-state index in [4.69, 9.17) is 12.1 Å². The zero-order chi connectivity index (χ0) is 39.9. The van der Waals surface area contributed by atoms with E-state index in [1.54, 1.807) is 0 Å². The Morgan fingerprint density at radius 1 is 0.745 bits per heavy atom. The number of furan rings is 1. The molecule has 283 valence electrons. The predicted octanol–water partition coefficient (Wildman–Crippen LogP) is 12.9. The van der Waals surface area contributed by atoms with Crippen molar-refractivity contribution in [3.05, 3.63) is 144 Å². The summed E-state index contributed by atoms with van der Waals surface area (Å²) in [6, 6.07) is 43.7. The van der Waals surface area contributed by atoms with Crippen LogP contribution < -0.4 is 4.40 Å². The number of hydrogen-bond acceptors (Lipinski definition) is 3. The van der Waals surface area contributed by atoms with Gasteiger partial charge in [0, 0.05) is 31.2 Å². The summed E-state index contributed by atoms with van der Waals surface area (Å²) in [7, 11) is 0. The summed E-state index contributed by atoms with van der Waals surface area (Å²) >= 11 is -2.20. The first kappa shape index (κ1) is 37.6. The second-order valence-corrected chi connectivity index (χ2v) is 26.6. The van der Waals surface area contributed by atoms with Crippen LogP contribution in [0.4, 0.5) is 0 Å². The van der Waals surface area contributed by atoms with E-state index in [1.807, 2.05) is 68.6 Å². The molecule has 4 nitrogen and oxygen atoms in total. The quantitative estimate of drug-likeness (QED) is 0.113. The Morgan fingerprint density at radius 3 is 2.11 bits per heavy atom. The molecule has 0 aliphatic heterocycles. The van der Waals surface area contributed by atoms with Crippen LogP contribution in [0.25, 0.3) is 61.3 Å². The van der Waals surface area contributed by atoms with Crippen LogP contribution in [-0.4, -0.2) is 27.8 Å². The SMILES string of the molecule is CC(C)c1cccc(C(C)C)c1-n1c(-c2[c-]cc3oc4ccccc4c3c2)nc2ccccc21.[2H]C([2H])(c1cc(-c2[c-]cccc2)nc[c]1[Ge]([CH3])([CH3])[CH3])C(C)C.[Ir]. The van der Waals surface area contributed by atoms with Gasteiger partial charge in [0.2, 0.25) is 0 Å². The van der Waals surface area contributed by atoms with E-state index >= 15 is 0 Å². The van der Waals surface area contributed by atoms with E-state index in [0.29, 0.717) is 11.8 Å². The van der Waals surface area contributed by atoms with Crippen molar-refractivity contribution in [3.8, 4) is 28.3 Å². The Labute approximate surface area is 345 Å². The summed E-state index contributed by atoms with van der Waals surface area (Å²) in [5, 5.41) is 2.20. The molecule has 8 rings (SSSR count). The molecule has 3 heterocycles. The molecule has 0 saturated carbocycles. The number of fused-ring (bicyclic) bond motifs is 4. The summed E-state index contributed by atoms with van der Waals surface area (Å²) < 4.78 is 26.7. The zero-order valence-corrected chi connectivity index (χ0v) is 37.8. The fraction of sp³-hybridized carbons (Fsp3) is 0.265. The van der Waals surface area contributed by atoms with Gasteiger partial charge in [-0.2, -0.15) is 0 Å². The van der Waals surface area contributed by atoms with Crippen molar-refractivity contribution >= 4 is 50.6 Å². The Balaban J connectivity index is 0.000000208. The third kappa shape index (κ3) is 8.45. The molecule has 6 heteroatoms. The molecule has 0 amide bonds. The summed E-state index contributed by atoms with van der Waals surface area (Å²) in [5.41, 5.74) is 11.2. The number of aromatic nitrogens is 3. The van der Waals surface area contributed by atoms with Crippen LogP contribution in [0.3, 0.4) is 0 Å². The fourth-order valence-electron chi connectivity index (χ4n) is 7.19. The average molecular weight is 965 g/mol. The maximum Gasteiger partial charge on any atom is 0 e. The number of rotatable bonds is 8. The van der Waals surface area contributed by atoms with Gasteiger partial charge in [0.05, 0.1) is 22.4 Å². The molecule has 0 saturated heterocycles. The molecule has 3 aromatic heterocycles. The van der Waals surface area contributed by atoms with Gasteiger partial charge in [0.1, 0.15) is 5.58 Å². The minimum atomic E-state index is -2.20. The van der Waals surface area contributed by atoms with E-state index in [9.17, 15) is 0 Å².